The number of benzene rings is 1. The summed E-state index contributed by atoms with van der Waals surface area (Å²) in [5.41, 5.74) is 3.83. The van der Waals surface area contributed by atoms with Crippen molar-refractivity contribution in [3.63, 3.8) is 0 Å². The summed E-state index contributed by atoms with van der Waals surface area (Å²) in [6, 6.07) is 8.46. The van der Waals surface area contributed by atoms with Gasteiger partial charge in [-0.25, -0.2) is 4.98 Å². The van der Waals surface area contributed by atoms with Crippen molar-refractivity contribution >= 4 is 22.4 Å². The van der Waals surface area contributed by atoms with E-state index in [-0.39, 0.29) is 5.91 Å². The molecule has 3 nitrogen and oxygen atoms in total. The molecule has 0 spiro atoms. The lowest BCUT2D eigenvalue weighted by Crippen LogP contribution is -2.14. The van der Waals surface area contributed by atoms with Crippen LogP contribution in [0.2, 0.25) is 0 Å². The lowest BCUT2D eigenvalue weighted by Gasteiger charge is -2.10. The van der Waals surface area contributed by atoms with E-state index in [2.05, 4.69) is 48.4 Å². The number of amides is 1. The molecule has 1 atom stereocenters. The number of carbonyl (C=O) groups excluding carboxylic acids is 1. The Morgan fingerprint density at radius 1 is 1.43 bits per heavy atom. The van der Waals surface area contributed by atoms with Crippen molar-refractivity contribution < 1.29 is 4.79 Å². The van der Waals surface area contributed by atoms with Gasteiger partial charge in [-0.15, -0.1) is 11.3 Å². The van der Waals surface area contributed by atoms with Gasteiger partial charge in [-0.05, 0) is 43.2 Å². The van der Waals surface area contributed by atoms with E-state index in [0.29, 0.717) is 12.3 Å². The molecule has 1 aliphatic rings. The number of carbonyl (C=O) groups is 1. The molecule has 3 rings (SSSR count). The molecule has 1 aromatic carbocycles. The number of rotatable bonds is 4. The highest BCUT2D eigenvalue weighted by Gasteiger charge is 2.24. The lowest BCUT2D eigenvalue weighted by atomic mass is 9.97. The summed E-state index contributed by atoms with van der Waals surface area (Å²) in [6.07, 6.45) is 3.62. The Bertz CT molecular complexity index is 663. The van der Waals surface area contributed by atoms with Gasteiger partial charge in [-0.3, -0.25) is 4.79 Å². The number of aromatic nitrogens is 1. The first-order chi connectivity index (χ1) is 10.2. The Kier molecular flexibility index (Phi) is 4.06. The molecule has 1 aliphatic carbocycles. The monoisotopic (exact) mass is 300 g/mol. The van der Waals surface area contributed by atoms with Crippen LogP contribution in [0, 0.1) is 6.92 Å². The molecule has 1 unspecified atom stereocenters. The lowest BCUT2D eigenvalue weighted by molar-refractivity contribution is -0.116. The topological polar surface area (TPSA) is 42.0 Å². The molecular formula is C17H20N2OS. The van der Waals surface area contributed by atoms with Crippen molar-refractivity contribution in [3.8, 4) is 0 Å². The van der Waals surface area contributed by atoms with Crippen LogP contribution < -0.4 is 5.32 Å². The largest absolute Gasteiger partial charge is 0.302 e. The molecule has 1 N–H and O–H groups in total. The first kappa shape index (κ1) is 14.3. The van der Waals surface area contributed by atoms with Crippen molar-refractivity contribution in [1.29, 1.82) is 0 Å². The van der Waals surface area contributed by atoms with Gasteiger partial charge < -0.3 is 5.32 Å². The Balaban J connectivity index is 1.65. The van der Waals surface area contributed by atoms with Crippen LogP contribution in [-0.2, 0) is 17.6 Å². The maximum Gasteiger partial charge on any atom is 0.226 e. The van der Waals surface area contributed by atoms with Gasteiger partial charge in [-0.2, -0.15) is 0 Å². The first-order valence-corrected chi connectivity index (χ1v) is 8.33. The molecule has 0 saturated heterocycles. The van der Waals surface area contributed by atoms with Crippen LogP contribution in [0.4, 0.5) is 5.13 Å². The second kappa shape index (κ2) is 5.98. The minimum absolute atomic E-state index is 0.0770. The molecule has 1 heterocycles. The fraction of sp³-hybridized carbons (Fsp3) is 0.412. The van der Waals surface area contributed by atoms with E-state index in [1.54, 1.807) is 11.3 Å². The van der Waals surface area contributed by atoms with E-state index in [0.717, 1.165) is 30.1 Å². The normalized spacial score (nSPS) is 16.8. The van der Waals surface area contributed by atoms with Gasteiger partial charge in [0.2, 0.25) is 5.91 Å². The molecule has 21 heavy (non-hydrogen) atoms. The summed E-state index contributed by atoms with van der Waals surface area (Å²) in [4.78, 5) is 17.9. The van der Waals surface area contributed by atoms with E-state index in [1.807, 2.05) is 0 Å². The first-order valence-electron chi connectivity index (χ1n) is 7.51. The Labute approximate surface area is 129 Å². The zero-order valence-corrected chi connectivity index (χ0v) is 13.3. The third-order valence-corrected chi connectivity index (χ3v) is 5.09. The quantitative estimate of drug-likeness (QED) is 0.924. The fourth-order valence-electron chi connectivity index (χ4n) is 3.06. The van der Waals surface area contributed by atoms with Crippen LogP contribution >= 0.6 is 11.3 Å². The number of anilines is 1. The number of nitrogens with one attached hydrogen (secondary N) is 1. The summed E-state index contributed by atoms with van der Waals surface area (Å²) < 4.78 is 0. The summed E-state index contributed by atoms with van der Waals surface area (Å²) in [5, 5.41) is 3.70. The molecular weight excluding hydrogens is 280 g/mol. The molecule has 2 aromatic rings. The predicted octanol–water partition coefficient (Wildman–Crippen LogP) is 4.07. The second-order valence-electron chi connectivity index (χ2n) is 5.56. The van der Waals surface area contributed by atoms with E-state index >= 15 is 0 Å². The molecule has 0 aliphatic heterocycles. The summed E-state index contributed by atoms with van der Waals surface area (Å²) >= 11 is 1.57. The maximum absolute atomic E-state index is 12.2. The molecule has 1 aromatic heterocycles. The predicted molar refractivity (Wildman–Crippen MR) is 87.0 cm³/mol. The van der Waals surface area contributed by atoms with Gasteiger partial charge in [0.25, 0.3) is 0 Å². The Hall–Kier alpha value is -1.68. The Morgan fingerprint density at radius 2 is 2.24 bits per heavy atom. The third kappa shape index (κ3) is 3.00. The van der Waals surface area contributed by atoms with Crippen LogP contribution in [0.15, 0.2) is 24.3 Å². The molecule has 4 heteroatoms. The number of hydrogen-bond acceptors (Lipinski definition) is 3. The summed E-state index contributed by atoms with van der Waals surface area (Å²) in [5.74, 6) is 0.431. The number of fused-ring (bicyclic) bond motifs is 1. The number of hydrogen-bond donors (Lipinski definition) is 1. The van der Waals surface area contributed by atoms with Gasteiger partial charge in [0, 0.05) is 11.3 Å². The van der Waals surface area contributed by atoms with Crippen LogP contribution in [-0.4, -0.2) is 10.9 Å². The van der Waals surface area contributed by atoms with Crippen LogP contribution in [0.5, 0.6) is 0 Å². The number of nitrogens with zero attached hydrogens (tertiary/aromatic N) is 1. The SMILES string of the molecule is CCc1nc(NC(=O)CC2CCc3ccccc32)sc1C. The number of thiazole rings is 1. The molecule has 0 saturated carbocycles. The third-order valence-electron chi connectivity index (χ3n) is 4.16. The average molecular weight is 300 g/mol. The minimum Gasteiger partial charge on any atom is -0.302 e. The van der Waals surface area contributed by atoms with Crippen LogP contribution in [0.1, 0.15) is 47.4 Å². The van der Waals surface area contributed by atoms with Crippen molar-refractivity contribution in [3.05, 3.63) is 46.0 Å². The smallest absolute Gasteiger partial charge is 0.226 e. The molecule has 1 amide bonds. The van der Waals surface area contributed by atoms with Gasteiger partial charge in [-0.1, -0.05) is 31.2 Å². The van der Waals surface area contributed by atoms with Crippen molar-refractivity contribution in [2.45, 2.75) is 45.4 Å². The molecule has 0 fully saturated rings. The zero-order chi connectivity index (χ0) is 14.8. The minimum atomic E-state index is 0.0770. The summed E-state index contributed by atoms with van der Waals surface area (Å²) in [7, 11) is 0. The van der Waals surface area contributed by atoms with Gasteiger partial charge in [0.15, 0.2) is 5.13 Å². The van der Waals surface area contributed by atoms with E-state index in [9.17, 15) is 4.79 Å². The number of aryl methyl sites for hydroxylation is 3. The standard InChI is InChI=1S/C17H20N2OS/c1-3-15-11(2)21-17(18-15)19-16(20)10-13-9-8-12-6-4-5-7-14(12)13/h4-7,13H,3,8-10H2,1-2H3,(H,18,19,20). The average Bonchev–Trinajstić information content (AvgIpc) is 3.03. The van der Waals surface area contributed by atoms with E-state index < -0.39 is 0 Å². The van der Waals surface area contributed by atoms with E-state index in [1.165, 1.54) is 16.0 Å². The second-order valence-corrected chi connectivity index (χ2v) is 6.77. The highest BCUT2D eigenvalue weighted by atomic mass is 32.1. The molecule has 110 valence electrons. The summed E-state index contributed by atoms with van der Waals surface area (Å²) in [6.45, 7) is 4.14. The fourth-order valence-corrected chi connectivity index (χ4v) is 3.98. The maximum atomic E-state index is 12.2. The molecule has 0 bridgehead atoms. The van der Waals surface area contributed by atoms with Gasteiger partial charge >= 0.3 is 0 Å². The van der Waals surface area contributed by atoms with Crippen molar-refractivity contribution in [2.75, 3.05) is 5.32 Å². The van der Waals surface area contributed by atoms with Crippen molar-refractivity contribution in [2.24, 2.45) is 0 Å². The highest BCUT2D eigenvalue weighted by molar-refractivity contribution is 7.15. The van der Waals surface area contributed by atoms with Crippen LogP contribution in [0.3, 0.4) is 0 Å². The zero-order valence-electron chi connectivity index (χ0n) is 12.5. The molecule has 0 radical (unpaired) electrons. The van der Waals surface area contributed by atoms with E-state index in [4.69, 9.17) is 0 Å². The van der Waals surface area contributed by atoms with Crippen molar-refractivity contribution in [1.82, 2.24) is 4.98 Å². The van der Waals surface area contributed by atoms with Gasteiger partial charge in [0.1, 0.15) is 0 Å². The van der Waals surface area contributed by atoms with Crippen LogP contribution in [0.25, 0.3) is 0 Å². The Morgan fingerprint density at radius 3 is 3.00 bits per heavy atom. The highest BCUT2D eigenvalue weighted by Crippen LogP contribution is 2.35. The van der Waals surface area contributed by atoms with Gasteiger partial charge in [0.05, 0.1) is 5.69 Å².